The van der Waals surface area contributed by atoms with Crippen molar-refractivity contribution in [3.8, 4) is 0 Å². The Kier molecular flexibility index (Phi) is 4.76. The van der Waals surface area contributed by atoms with Crippen molar-refractivity contribution in [3.63, 3.8) is 0 Å². The van der Waals surface area contributed by atoms with Gasteiger partial charge in [0.1, 0.15) is 11.4 Å². The first-order valence-electron chi connectivity index (χ1n) is 8.34. The van der Waals surface area contributed by atoms with Gasteiger partial charge in [0.25, 0.3) is 5.91 Å². The Balaban J connectivity index is 1.63. The Morgan fingerprint density at radius 3 is 2.76 bits per heavy atom. The number of furan rings is 1. The van der Waals surface area contributed by atoms with Gasteiger partial charge in [0, 0.05) is 23.0 Å². The molecular weight excluding hydrogens is 327 g/mol. The maximum Gasteiger partial charge on any atom is 0.317 e. The van der Waals surface area contributed by atoms with Crippen molar-refractivity contribution in [3.05, 3.63) is 35.3 Å². The van der Waals surface area contributed by atoms with E-state index in [4.69, 9.17) is 9.52 Å². The summed E-state index contributed by atoms with van der Waals surface area (Å²) in [6.45, 7) is 4.32. The van der Waals surface area contributed by atoms with Gasteiger partial charge in [-0.15, -0.1) is 0 Å². The monoisotopic (exact) mass is 348 g/mol. The molecule has 25 heavy (non-hydrogen) atoms. The van der Waals surface area contributed by atoms with Crippen LogP contribution in [0.5, 0.6) is 0 Å². The van der Waals surface area contributed by atoms with Gasteiger partial charge in [-0.3, -0.25) is 14.5 Å². The molecule has 1 fully saturated rings. The number of halogens is 1. The quantitative estimate of drug-likeness (QED) is 0.838. The van der Waals surface area contributed by atoms with Crippen molar-refractivity contribution in [1.82, 2.24) is 10.2 Å². The van der Waals surface area contributed by atoms with Crippen LogP contribution in [-0.4, -0.2) is 47.1 Å². The second-order valence-electron chi connectivity index (χ2n) is 6.45. The number of hydrogen-bond donors (Lipinski definition) is 2. The summed E-state index contributed by atoms with van der Waals surface area (Å²) in [5, 5.41) is 12.4. The Labute approximate surface area is 144 Å². The van der Waals surface area contributed by atoms with E-state index in [1.807, 2.05) is 11.8 Å². The maximum atomic E-state index is 13.4. The number of nitrogens with zero attached hydrogens (tertiary/aromatic N) is 1. The zero-order chi connectivity index (χ0) is 18.1. The second kappa shape index (κ2) is 6.84. The molecule has 0 radical (unpaired) electrons. The lowest BCUT2D eigenvalue weighted by Crippen LogP contribution is -2.54. The van der Waals surface area contributed by atoms with Gasteiger partial charge in [-0.2, -0.15) is 0 Å². The summed E-state index contributed by atoms with van der Waals surface area (Å²) in [6.07, 6.45) is 1.42. The largest absolute Gasteiger partial charge is 0.480 e. The van der Waals surface area contributed by atoms with Crippen molar-refractivity contribution in [2.45, 2.75) is 38.8 Å². The molecule has 1 heterocycles. The number of aryl methyl sites for hydroxylation is 1. The van der Waals surface area contributed by atoms with Gasteiger partial charge < -0.3 is 14.8 Å². The summed E-state index contributed by atoms with van der Waals surface area (Å²) in [7, 11) is 0. The highest BCUT2D eigenvalue weighted by atomic mass is 19.1. The van der Waals surface area contributed by atoms with Gasteiger partial charge >= 0.3 is 5.97 Å². The Hall–Kier alpha value is -2.41. The summed E-state index contributed by atoms with van der Waals surface area (Å²) >= 11 is 0. The minimum Gasteiger partial charge on any atom is -0.480 e. The fourth-order valence-electron chi connectivity index (χ4n) is 3.34. The molecule has 6 nitrogen and oxygen atoms in total. The minimum absolute atomic E-state index is 0.00954. The van der Waals surface area contributed by atoms with Crippen molar-refractivity contribution in [2.75, 3.05) is 13.1 Å². The number of amides is 1. The molecule has 1 aliphatic carbocycles. The van der Waals surface area contributed by atoms with Crippen LogP contribution in [0.2, 0.25) is 0 Å². The number of fused-ring (bicyclic) bond motifs is 1. The van der Waals surface area contributed by atoms with Crippen LogP contribution < -0.4 is 5.32 Å². The normalized spacial score (nSPS) is 19.8. The molecule has 3 rings (SSSR count). The molecular formula is C18H21FN2O4. The van der Waals surface area contributed by atoms with E-state index in [2.05, 4.69) is 5.32 Å². The van der Waals surface area contributed by atoms with Crippen molar-refractivity contribution in [1.29, 1.82) is 0 Å². The van der Waals surface area contributed by atoms with Crippen molar-refractivity contribution >= 4 is 22.8 Å². The van der Waals surface area contributed by atoms with E-state index in [1.54, 1.807) is 6.92 Å². The molecule has 1 aromatic carbocycles. The summed E-state index contributed by atoms with van der Waals surface area (Å²) in [5.41, 5.74) is 1.10. The number of rotatable bonds is 6. The first-order chi connectivity index (χ1) is 11.9. The number of carboxylic acid groups (broad SMARTS) is 1. The Bertz CT molecular complexity index is 811. The Morgan fingerprint density at radius 2 is 2.12 bits per heavy atom. The lowest BCUT2D eigenvalue weighted by Gasteiger charge is -2.42. The van der Waals surface area contributed by atoms with Gasteiger partial charge in [0.15, 0.2) is 5.76 Å². The van der Waals surface area contributed by atoms with E-state index in [0.717, 1.165) is 0 Å². The van der Waals surface area contributed by atoms with E-state index >= 15 is 0 Å². The van der Waals surface area contributed by atoms with E-state index < -0.39 is 5.97 Å². The molecule has 1 aliphatic rings. The second-order valence-corrected chi connectivity index (χ2v) is 6.45. The third kappa shape index (κ3) is 3.51. The van der Waals surface area contributed by atoms with Crippen LogP contribution in [0.4, 0.5) is 4.39 Å². The lowest BCUT2D eigenvalue weighted by molar-refractivity contribution is -0.139. The van der Waals surface area contributed by atoms with Crippen LogP contribution >= 0.6 is 0 Å². The standard InChI is InChI=1S/C18H21FN2O4/c1-3-21(9-16(22)23)13-7-12(8-13)20-18(24)17-10(2)14-6-11(19)4-5-15(14)25-17/h4-6,12-13H,3,7-9H2,1-2H3,(H,20,24)(H,22,23). The third-order valence-corrected chi connectivity index (χ3v) is 4.81. The van der Waals surface area contributed by atoms with Crippen LogP contribution in [0.15, 0.2) is 22.6 Å². The van der Waals surface area contributed by atoms with E-state index in [0.29, 0.717) is 35.9 Å². The van der Waals surface area contributed by atoms with Crippen molar-refractivity contribution < 1.29 is 23.5 Å². The molecule has 1 aromatic heterocycles. The zero-order valence-electron chi connectivity index (χ0n) is 14.2. The lowest BCUT2D eigenvalue weighted by atomic mass is 9.85. The van der Waals surface area contributed by atoms with Crippen LogP contribution in [0.25, 0.3) is 11.0 Å². The number of nitrogens with one attached hydrogen (secondary N) is 1. The topological polar surface area (TPSA) is 82.8 Å². The van der Waals surface area contributed by atoms with Gasteiger partial charge in [0.05, 0.1) is 6.54 Å². The van der Waals surface area contributed by atoms with Crippen LogP contribution in [0.1, 0.15) is 35.9 Å². The predicted molar refractivity (Wildman–Crippen MR) is 90.1 cm³/mol. The minimum atomic E-state index is -0.848. The highest BCUT2D eigenvalue weighted by molar-refractivity contribution is 5.99. The summed E-state index contributed by atoms with van der Waals surface area (Å²) in [6, 6.07) is 4.32. The van der Waals surface area contributed by atoms with Gasteiger partial charge in [-0.25, -0.2) is 4.39 Å². The molecule has 0 bridgehead atoms. The summed E-state index contributed by atoms with van der Waals surface area (Å²) in [5.74, 6) is -1.34. The molecule has 1 amide bonds. The molecule has 0 saturated heterocycles. The van der Waals surface area contributed by atoms with Gasteiger partial charge in [-0.1, -0.05) is 6.92 Å². The molecule has 7 heteroatoms. The highest BCUT2D eigenvalue weighted by Crippen LogP contribution is 2.28. The number of likely N-dealkylation sites (N-methyl/N-ethyl adjacent to an activating group) is 1. The maximum absolute atomic E-state index is 13.4. The summed E-state index contributed by atoms with van der Waals surface area (Å²) in [4.78, 5) is 25.2. The molecule has 0 aliphatic heterocycles. The van der Waals surface area contributed by atoms with Gasteiger partial charge in [-0.05, 0) is 44.5 Å². The molecule has 1 saturated carbocycles. The first-order valence-corrected chi connectivity index (χ1v) is 8.34. The average Bonchev–Trinajstić information content (AvgIpc) is 2.85. The predicted octanol–water partition coefficient (Wildman–Crippen LogP) is 2.55. The summed E-state index contributed by atoms with van der Waals surface area (Å²) < 4.78 is 18.9. The fraction of sp³-hybridized carbons (Fsp3) is 0.444. The van der Waals surface area contributed by atoms with E-state index in [-0.39, 0.29) is 36.1 Å². The molecule has 2 N–H and O–H groups in total. The van der Waals surface area contributed by atoms with Crippen LogP contribution in [0, 0.1) is 12.7 Å². The van der Waals surface area contributed by atoms with Crippen molar-refractivity contribution in [2.24, 2.45) is 0 Å². The number of carboxylic acids is 1. The number of carbonyl (C=O) groups is 2. The smallest absolute Gasteiger partial charge is 0.317 e. The first kappa shape index (κ1) is 17.4. The number of aliphatic carboxylic acids is 1. The number of carbonyl (C=O) groups excluding carboxylic acids is 1. The third-order valence-electron chi connectivity index (χ3n) is 4.81. The Morgan fingerprint density at radius 1 is 1.40 bits per heavy atom. The van der Waals surface area contributed by atoms with E-state index in [1.165, 1.54) is 18.2 Å². The van der Waals surface area contributed by atoms with Gasteiger partial charge in [0.2, 0.25) is 0 Å². The van der Waals surface area contributed by atoms with Crippen LogP contribution in [0.3, 0.4) is 0 Å². The number of benzene rings is 1. The molecule has 0 atom stereocenters. The zero-order valence-corrected chi connectivity index (χ0v) is 14.2. The molecule has 2 aromatic rings. The number of hydrogen-bond acceptors (Lipinski definition) is 4. The molecule has 134 valence electrons. The van der Waals surface area contributed by atoms with E-state index in [9.17, 15) is 14.0 Å². The highest BCUT2D eigenvalue weighted by Gasteiger charge is 2.35. The fourth-order valence-corrected chi connectivity index (χ4v) is 3.34. The van der Waals surface area contributed by atoms with Crippen LogP contribution in [-0.2, 0) is 4.79 Å². The SMILES string of the molecule is CCN(CC(=O)O)C1CC(NC(=O)c2oc3ccc(F)cc3c2C)C1. The molecule has 0 unspecified atom stereocenters. The molecule has 0 spiro atoms. The average molecular weight is 348 g/mol.